The van der Waals surface area contributed by atoms with Gasteiger partial charge in [0.05, 0.1) is 18.0 Å². The molecule has 27 heavy (non-hydrogen) atoms. The van der Waals surface area contributed by atoms with Gasteiger partial charge >= 0.3 is 6.09 Å². The van der Waals surface area contributed by atoms with Crippen LogP contribution in [0.5, 0.6) is 5.88 Å². The molecule has 0 saturated carbocycles. The number of carbonyl (C=O) groups is 1. The van der Waals surface area contributed by atoms with Gasteiger partial charge in [0, 0.05) is 38.2 Å². The number of hydrogen-bond acceptors (Lipinski definition) is 7. The van der Waals surface area contributed by atoms with E-state index in [0.29, 0.717) is 24.8 Å². The van der Waals surface area contributed by atoms with Crippen molar-refractivity contribution in [3.05, 3.63) is 36.4 Å². The largest absolute Gasteiger partial charge is 0.474 e. The number of ether oxygens (including phenoxy) is 2. The number of piperidine rings is 1. The van der Waals surface area contributed by atoms with Gasteiger partial charge in [0.15, 0.2) is 0 Å². The van der Waals surface area contributed by atoms with Crippen LogP contribution in [0.2, 0.25) is 0 Å². The minimum absolute atomic E-state index is 0.0102. The van der Waals surface area contributed by atoms with Crippen LogP contribution in [0.25, 0.3) is 0 Å². The molecule has 0 unspecified atom stereocenters. The van der Waals surface area contributed by atoms with Gasteiger partial charge in [-0.15, -0.1) is 0 Å². The summed E-state index contributed by atoms with van der Waals surface area (Å²) in [6.07, 6.45) is 6.09. The summed E-state index contributed by atoms with van der Waals surface area (Å²) in [6, 6.07) is 3.70. The summed E-state index contributed by atoms with van der Waals surface area (Å²) in [5, 5.41) is 3.23. The Morgan fingerprint density at radius 3 is 2.78 bits per heavy atom. The van der Waals surface area contributed by atoms with Crippen LogP contribution >= 0.6 is 0 Å². The van der Waals surface area contributed by atoms with Gasteiger partial charge in [0.2, 0.25) is 5.88 Å². The van der Waals surface area contributed by atoms with Crippen LogP contribution in [0.4, 0.5) is 16.3 Å². The first-order valence-corrected chi connectivity index (χ1v) is 9.13. The zero-order valence-electron chi connectivity index (χ0n) is 15.9. The highest BCUT2D eigenvalue weighted by atomic mass is 16.6. The lowest BCUT2D eigenvalue weighted by atomic mass is 10.1. The van der Waals surface area contributed by atoms with E-state index < -0.39 is 0 Å². The van der Waals surface area contributed by atoms with E-state index in [1.165, 1.54) is 6.33 Å². The van der Waals surface area contributed by atoms with Crippen molar-refractivity contribution < 1.29 is 14.3 Å². The third-order valence-electron chi connectivity index (χ3n) is 4.27. The second-order valence-corrected chi connectivity index (χ2v) is 6.79. The predicted octanol–water partition coefficient (Wildman–Crippen LogP) is 3.31. The molecule has 0 spiro atoms. The summed E-state index contributed by atoms with van der Waals surface area (Å²) < 4.78 is 11.2. The van der Waals surface area contributed by atoms with Crippen LogP contribution in [-0.2, 0) is 4.74 Å². The molecular formula is C19H25N5O3. The molecule has 1 saturated heterocycles. The standard InChI is InChI=1S/C19H25N5O3/c1-13(2)26-19(25)24-8-5-15(6-9-24)27-18-10-17(21-12-22-18)23-16-11-20-7-4-14(16)3/h4,7,10-13,15H,5-6,8-9H2,1-3H3,(H,21,22,23). The molecule has 2 aromatic heterocycles. The van der Waals surface area contributed by atoms with E-state index in [9.17, 15) is 4.79 Å². The second kappa shape index (κ2) is 8.66. The maximum atomic E-state index is 11.9. The predicted molar refractivity (Wildman–Crippen MR) is 101 cm³/mol. The minimum atomic E-state index is -0.260. The fraction of sp³-hybridized carbons (Fsp3) is 0.474. The topological polar surface area (TPSA) is 89.5 Å². The number of amides is 1. The average molecular weight is 371 g/mol. The summed E-state index contributed by atoms with van der Waals surface area (Å²) in [5.41, 5.74) is 1.96. The molecule has 144 valence electrons. The number of hydrogen-bond donors (Lipinski definition) is 1. The third-order valence-corrected chi connectivity index (χ3v) is 4.27. The lowest BCUT2D eigenvalue weighted by Gasteiger charge is -2.31. The Labute approximate surface area is 158 Å². The van der Waals surface area contributed by atoms with Crippen molar-refractivity contribution in [1.29, 1.82) is 0 Å². The number of carbonyl (C=O) groups excluding carboxylic acids is 1. The molecule has 1 N–H and O–H groups in total. The van der Waals surface area contributed by atoms with Crippen molar-refractivity contribution in [3.63, 3.8) is 0 Å². The van der Waals surface area contributed by atoms with Gasteiger partial charge in [-0.05, 0) is 32.4 Å². The number of aryl methyl sites for hydroxylation is 1. The van der Waals surface area contributed by atoms with Crippen LogP contribution in [0, 0.1) is 6.92 Å². The molecule has 8 nitrogen and oxygen atoms in total. The van der Waals surface area contributed by atoms with Crippen LogP contribution in [0.3, 0.4) is 0 Å². The van der Waals surface area contributed by atoms with Gasteiger partial charge in [-0.2, -0.15) is 0 Å². The highest BCUT2D eigenvalue weighted by molar-refractivity contribution is 5.67. The fourth-order valence-electron chi connectivity index (χ4n) is 2.81. The minimum Gasteiger partial charge on any atom is -0.474 e. The van der Waals surface area contributed by atoms with Crippen LogP contribution < -0.4 is 10.1 Å². The van der Waals surface area contributed by atoms with Gasteiger partial charge < -0.3 is 19.7 Å². The highest BCUT2D eigenvalue weighted by Crippen LogP contribution is 2.22. The summed E-state index contributed by atoms with van der Waals surface area (Å²) in [5.74, 6) is 1.16. The molecule has 0 aromatic carbocycles. The van der Waals surface area contributed by atoms with Crippen molar-refractivity contribution in [3.8, 4) is 5.88 Å². The maximum absolute atomic E-state index is 11.9. The Balaban J connectivity index is 1.55. The van der Waals surface area contributed by atoms with Crippen molar-refractivity contribution in [2.45, 2.75) is 45.8 Å². The van der Waals surface area contributed by atoms with E-state index in [-0.39, 0.29) is 18.3 Å². The lowest BCUT2D eigenvalue weighted by molar-refractivity contribution is 0.0507. The Morgan fingerprint density at radius 2 is 2.07 bits per heavy atom. The van der Waals surface area contributed by atoms with Gasteiger partial charge in [-0.1, -0.05) is 0 Å². The normalized spacial score (nSPS) is 14.9. The Hall–Kier alpha value is -2.90. The molecule has 3 rings (SSSR count). The van der Waals surface area contributed by atoms with Crippen LogP contribution in [0.15, 0.2) is 30.9 Å². The van der Waals surface area contributed by atoms with E-state index in [4.69, 9.17) is 9.47 Å². The number of nitrogens with one attached hydrogen (secondary N) is 1. The number of anilines is 2. The zero-order valence-corrected chi connectivity index (χ0v) is 15.9. The molecule has 0 radical (unpaired) electrons. The Morgan fingerprint density at radius 1 is 1.30 bits per heavy atom. The van der Waals surface area contributed by atoms with Gasteiger partial charge in [0.25, 0.3) is 0 Å². The van der Waals surface area contributed by atoms with Crippen LogP contribution in [0.1, 0.15) is 32.3 Å². The van der Waals surface area contributed by atoms with E-state index >= 15 is 0 Å². The molecule has 2 aromatic rings. The van der Waals surface area contributed by atoms with Crippen molar-refractivity contribution in [2.75, 3.05) is 18.4 Å². The van der Waals surface area contributed by atoms with Crippen molar-refractivity contribution in [2.24, 2.45) is 0 Å². The van der Waals surface area contributed by atoms with E-state index in [0.717, 1.165) is 24.1 Å². The molecule has 1 fully saturated rings. The van der Waals surface area contributed by atoms with E-state index in [1.807, 2.05) is 26.8 Å². The number of pyridine rings is 1. The molecule has 3 heterocycles. The molecular weight excluding hydrogens is 346 g/mol. The average Bonchev–Trinajstić information content (AvgIpc) is 2.64. The number of nitrogens with zero attached hydrogens (tertiary/aromatic N) is 4. The Bertz CT molecular complexity index is 775. The van der Waals surface area contributed by atoms with Crippen LogP contribution in [-0.4, -0.2) is 51.2 Å². The molecule has 0 aliphatic carbocycles. The lowest BCUT2D eigenvalue weighted by Crippen LogP contribution is -2.42. The monoisotopic (exact) mass is 371 g/mol. The zero-order chi connectivity index (χ0) is 19.2. The van der Waals surface area contributed by atoms with Gasteiger partial charge in [-0.25, -0.2) is 14.8 Å². The highest BCUT2D eigenvalue weighted by Gasteiger charge is 2.25. The summed E-state index contributed by atoms with van der Waals surface area (Å²) in [4.78, 5) is 26.2. The summed E-state index contributed by atoms with van der Waals surface area (Å²) >= 11 is 0. The summed E-state index contributed by atoms with van der Waals surface area (Å²) in [6.45, 7) is 6.92. The molecule has 0 bridgehead atoms. The van der Waals surface area contributed by atoms with Crippen molar-refractivity contribution in [1.82, 2.24) is 19.9 Å². The molecule has 0 atom stereocenters. The first-order chi connectivity index (χ1) is 13.0. The van der Waals surface area contributed by atoms with E-state index in [1.54, 1.807) is 23.4 Å². The molecule has 8 heteroatoms. The van der Waals surface area contributed by atoms with E-state index in [2.05, 4.69) is 20.3 Å². The maximum Gasteiger partial charge on any atom is 0.410 e. The first kappa shape index (κ1) is 18.9. The smallest absolute Gasteiger partial charge is 0.410 e. The molecule has 1 aliphatic heterocycles. The van der Waals surface area contributed by atoms with Gasteiger partial charge in [0.1, 0.15) is 18.2 Å². The first-order valence-electron chi connectivity index (χ1n) is 9.13. The number of aromatic nitrogens is 3. The SMILES string of the molecule is Cc1ccncc1Nc1cc(OC2CCN(C(=O)OC(C)C)CC2)ncn1. The molecule has 1 aliphatic rings. The Kier molecular flexibility index (Phi) is 6.05. The summed E-state index contributed by atoms with van der Waals surface area (Å²) in [7, 11) is 0. The fourth-order valence-corrected chi connectivity index (χ4v) is 2.81. The third kappa shape index (κ3) is 5.29. The number of likely N-dealkylation sites (tertiary alicyclic amines) is 1. The molecule has 1 amide bonds. The number of rotatable bonds is 5. The van der Waals surface area contributed by atoms with Gasteiger partial charge in [-0.3, -0.25) is 4.98 Å². The van der Waals surface area contributed by atoms with Crippen molar-refractivity contribution >= 4 is 17.6 Å². The quantitative estimate of drug-likeness (QED) is 0.862. The second-order valence-electron chi connectivity index (χ2n) is 6.79.